The molecule has 0 aliphatic carbocycles. The zero-order valence-electron chi connectivity index (χ0n) is 8.19. The lowest BCUT2D eigenvalue weighted by Crippen LogP contribution is -2.27. The van der Waals surface area contributed by atoms with Gasteiger partial charge in [0.2, 0.25) is 0 Å². The zero-order valence-corrected chi connectivity index (χ0v) is 8.19. The molecule has 0 bridgehead atoms. The van der Waals surface area contributed by atoms with Crippen LogP contribution in [0.5, 0.6) is 0 Å². The summed E-state index contributed by atoms with van der Waals surface area (Å²) in [6, 6.07) is 0.385. The van der Waals surface area contributed by atoms with Gasteiger partial charge in [-0.1, -0.05) is 25.1 Å². The van der Waals surface area contributed by atoms with Crippen LogP contribution >= 0.6 is 0 Å². The highest BCUT2D eigenvalue weighted by atomic mass is 14.9. The van der Waals surface area contributed by atoms with Gasteiger partial charge in [-0.2, -0.15) is 0 Å². The fraction of sp³-hybridized carbons (Fsp3) is 0.556. The Morgan fingerprint density at radius 3 is 2.50 bits per heavy atom. The van der Waals surface area contributed by atoms with Crippen LogP contribution in [0, 0.1) is 0 Å². The first kappa shape index (κ1) is 11.3. The minimum absolute atomic E-state index is 0.385. The second-order valence-corrected chi connectivity index (χ2v) is 3.05. The molecular formula is C9H19BN2. The molecule has 3 N–H and O–H groups in total. The molecule has 1 atom stereocenters. The molecular weight excluding hydrogens is 147 g/mol. The minimum atomic E-state index is 0.385. The molecule has 2 nitrogen and oxygen atoms in total. The van der Waals surface area contributed by atoms with Gasteiger partial charge in [0.05, 0.1) is 0 Å². The van der Waals surface area contributed by atoms with E-state index in [-0.39, 0.29) is 0 Å². The molecule has 0 fully saturated rings. The van der Waals surface area contributed by atoms with Crippen LogP contribution in [0.3, 0.4) is 0 Å². The van der Waals surface area contributed by atoms with Gasteiger partial charge < -0.3 is 11.1 Å². The standard InChI is InChI=1S/C9H19BN2/c1-7(6-10)9(12-3)5-4-8(2)11/h9,12H,1-2,4-6,10-11H2,3H3. The summed E-state index contributed by atoms with van der Waals surface area (Å²) in [6.45, 7) is 7.66. The lowest BCUT2D eigenvalue weighted by molar-refractivity contribution is 0.586. The monoisotopic (exact) mass is 166 g/mol. The number of hydrogen-bond donors (Lipinski definition) is 2. The van der Waals surface area contributed by atoms with Crippen LogP contribution in [0.15, 0.2) is 24.4 Å². The van der Waals surface area contributed by atoms with Crippen molar-refractivity contribution >= 4 is 7.85 Å². The van der Waals surface area contributed by atoms with E-state index in [4.69, 9.17) is 5.73 Å². The molecule has 1 unspecified atom stereocenters. The second kappa shape index (κ2) is 5.89. The zero-order chi connectivity index (χ0) is 9.56. The van der Waals surface area contributed by atoms with E-state index >= 15 is 0 Å². The maximum atomic E-state index is 5.49. The summed E-state index contributed by atoms with van der Waals surface area (Å²) in [5, 5.41) is 3.21. The number of nitrogens with two attached hydrogens (primary N) is 1. The van der Waals surface area contributed by atoms with Crippen LogP contribution in [0.2, 0.25) is 6.32 Å². The summed E-state index contributed by atoms with van der Waals surface area (Å²) >= 11 is 0. The maximum absolute atomic E-state index is 5.49. The largest absolute Gasteiger partial charge is 0.403 e. The molecule has 0 spiro atoms. The predicted octanol–water partition coefficient (Wildman–Crippen LogP) is 0.435. The Labute approximate surface area is 76.3 Å². The van der Waals surface area contributed by atoms with Crippen molar-refractivity contribution in [3.8, 4) is 0 Å². The van der Waals surface area contributed by atoms with Crippen molar-refractivity contribution in [3.63, 3.8) is 0 Å². The van der Waals surface area contributed by atoms with Gasteiger partial charge in [0.25, 0.3) is 0 Å². The van der Waals surface area contributed by atoms with Gasteiger partial charge in [0.15, 0.2) is 0 Å². The molecule has 0 heterocycles. The summed E-state index contributed by atoms with van der Waals surface area (Å²) < 4.78 is 0. The van der Waals surface area contributed by atoms with Crippen molar-refractivity contribution in [1.29, 1.82) is 0 Å². The van der Waals surface area contributed by atoms with E-state index in [1.54, 1.807) is 0 Å². The summed E-state index contributed by atoms with van der Waals surface area (Å²) in [5.74, 6) is 0. The van der Waals surface area contributed by atoms with Crippen LogP contribution in [0.1, 0.15) is 12.8 Å². The highest BCUT2D eigenvalue weighted by molar-refractivity contribution is 6.10. The number of rotatable bonds is 6. The van der Waals surface area contributed by atoms with Crippen molar-refractivity contribution in [1.82, 2.24) is 5.32 Å². The number of likely N-dealkylation sites (N-methyl/N-ethyl adjacent to an activating group) is 1. The van der Waals surface area contributed by atoms with E-state index in [9.17, 15) is 0 Å². The van der Waals surface area contributed by atoms with E-state index in [2.05, 4.69) is 26.3 Å². The Hall–Kier alpha value is -0.695. The fourth-order valence-corrected chi connectivity index (χ4v) is 1.13. The van der Waals surface area contributed by atoms with E-state index in [0.29, 0.717) is 6.04 Å². The number of nitrogens with one attached hydrogen (secondary N) is 1. The summed E-state index contributed by atoms with van der Waals surface area (Å²) in [5.41, 5.74) is 7.47. The quantitative estimate of drug-likeness (QED) is 0.443. The van der Waals surface area contributed by atoms with Gasteiger partial charge in [-0.3, -0.25) is 0 Å². The smallest absolute Gasteiger partial charge is 0.106 e. The summed E-state index contributed by atoms with van der Waals surface area (Å²) in [7, 11) is 4.06. The minimum Gasteiger partial charge on any atom is -0.403 e. The van der Waals surface area contributed by atoms with Crippen molar-refractivity contribution in [2.24, 2.45) is 5.73 Å². The highest BCUT2D eigenvalue weighted by Gasteiger charge is 2.07. The Morgan fingerprint density at radius 1 is 1.58 bits per heavy atom. The normalized spacial score (nSPS) is 12.4. The van der Waals surface area contributed by atoms with E-state index < -0.39 is 0 Å². The first-order valence-corrected chi connectivity index (χ1v) is 4.40. The molecule has 12 heavy (non-hydrogen) atoms. The average molecular weight is 166 g/mol. The Kier molecular flexibility index (Phi) is 5.55. The third-order valence-corrected chi connectivity index (χ3v) is 2.05. The third kappa shape index (κ3) is 4.24. The molecule has 0 aliphatic rings. The number of hydrogen-bond acceptors (Lipinski definition) is 2. The SMILES string of the molecule is BCC(=C)C(CCC(=C)N)NC. The molecule has 0 aromatic heterocycles. The van der Waals surface area contributed by atoms with E-state index in [1.807, 2.05) is 7.05 Å². The lowest BCUT2D eigenvalue weighted by atomic mass is 9.90. The fourth-order valence-electron chi connectivity index (χ4n) is 1.13. The topological polar surface area (TPSA) is 38.0 Å². The summed E-state index contributed by atoms with van der Waals surface area (Å²) in [4.78, 5) is 0. The molecule has 3 heteroatoms. The van der Waals surface area contributed by atoms with E-state index in [0.717, 1.165) is 24.9 Å². The third-order valence-electron chi connectivity index (χ3n) is 2.05. The van der Waals surface area contributed by atoms with Gasteiger partial charge in [0, 0.05) is 11.7 Å². The highest BCUT2D eigenvalue weighted by Crippen LogP contribution is 2.10. The van der Waals surface area contributed by atoms with Gasteiger partial charge in [-0.05, 0) is 19.9 Å². The molecule has 0 saturated carbocycles. The van der Waals surface area contributed by atoms with E-state index in [1.165, 1.54) is 5.57 Å². The van der Waals surface area contributed by atoms with Crippen LogP contribution in [-0.2, 0) is 0 Å². The van der Waals surface area contributed by atoms with Crippen LogP contribution < -0.4 is 11.1 Å². The number of allylic oxidation sites excluding steroid dienone is 1. The van der Waals surface area contributed by atoms with Gasteiger partial charge in [-0.15, -0.1) is 0 Å². The summed E-state index contributed by atoms with van der Waals surface area (Å²) in [6.07, 6.45) is 2.88. The Bertz CT molecular complexity index is 166. The first-order valence-electron chi connectivity index (χ1n) is 4.40. The molecule has 0 aromatic carbocycles. The van der Waals surface area contributed by atoms with Crippen molar-refractivity contribution in [2.75, 3.05) is 7.05 Å². The molecule has 0 aliphatic heterocycles. The Balaban J connectivity index is 3.83. The van der Waals surface area contributed by atoms with Gasteiger partial charge in [-0.25, -0.2) is 0 Å². The molecule has 0 amide bonds. The molecule has 68 valence electrons. The van der Waals surface area contributed by atoms with Gasteiger partial charge in [0.1, 0.15) is 7.85 Å². The van der Waals surface area contributed by atoms with Crippen molar-refractivity contribution in [2.45, 2.75) is 25.2 Å². The second-order valence-electron chi connectivity index (χ2n) is 3.05. The van der Waals surface area contributed by atoms with Crippen LogP contribution in [-0.4, -0.2) is 20.9 Å². The molecule has 0 radical (unpaired) electrons. The molecule has 0 saturated heterocycles. The van der Waals surface area contributed by atoms with Crippen molar-refractivity contribution < 1.29 is 0 Å². The van der Waals surface area contributed by atoms with Crippen molar-refractivity contribution in [3.05, 3.63) is 24.4 Å². The predicted molar refractivity (Wildman–Crippen MR) is 57.9 cm³/mol. The van der Waals surface area contributed by atoms with Gasteiger partial charge >= 0.3 is 0 Å². The molecule has 0 rings (SSSR count). The maximum Gasteiger partial charge on any atom is 0.106 e. The average Bonchev–Trinajstić information content (AvgIpc) is 2.04. The van der Waals surface area contributed by atoms with Crippen LogP contribution in [0.25, 0.3) is 0 Å². The first-order chi connectivity index (χ1) is 5.61. The van der Waals surface area contributed by atoms with Crippen LogP contribution in [0.4, 0.5) is 0 Å². The Morgan fingerprint density at radius 2 is 2.17 bits per heavy atom. The molecule has 0 aromatic rings. The lowest BCUT2D eigenvalue weighted by Gasteiger charge is -2.17.